The van der Waals surface area contributed by atoms with Crippen molar-refractivity contribution in [2.45, 2.75) is 57.8 Å². The highest BCUT2D eigenvalue weighted by Gasteiger charge is 2.44. The standard InChI is InChI=1S/C15H29NO2S/c1-14(2,3)13(17-4)12(16)11-5-7-18-15(9-11)6-8-19-10-15/h11-13H,5-10,16H2,1-4H3. The van der Waals surface area contributed by atoms with Crippen LogP contribution in [0.3, 0.4) is 0 Å². The van der Waals surface area contributed by atoms with E-state index in [1.54, 1.807) is 7.11 Å². The second-order valence-electron chi connectivity index (χ2n) is 7.19. The molecule has 2 aliphatic heterocycles. The molecule has 19 heavy (non-hydrogen) atoms. The lowest BCUT2D eigenvalue weighted by Crippen LogP contribution is -2.53. The zero-order valence-electron chi connectivity index (χ0n) is 12.8. The SMILES string of the molecule is COC(C(N)C1CCOC2(CCSC2)C1)C(C)(C)C. The lowest BCUT2D eigenvalue weighted by Gasteiger charge is -2.44. The predicted octanol–water partition coefficient (Wildman–Crippen LogP) is 2.68. The minimum atomic E-state index is 0.0874. The average molecular weight is 287 g/mol. The van der Waals surface area contributed by atoms with Gasteiger partial charge in [-0.3, -0.25) is 0 Å². The molecule has 4 heteroatoms. The van der Waals surface area contributed by atoms with Crippen molar-refractivity contribution in [2.24, 2.45) is 17.1 Å². The number of rotatable bonds is 3. The maximum atomic E-state index is 6.55. The van der Waals surface area contributed by atoms with Crippen molar-refractivity contribution in [1.29, 1.82) is 0 Å². The highest BCUT2D eigenvalue weighted by molar-refractivity contribution is 7.99. The third-order valence-electron chi connectivity index (χ3n) is 4.60. The topological polar surface area (TPSA) is 44.5 Å². The molecule has 2 fully saturated rings. The van der Waals surface area contributed by atoms with Crippen LogP contribution in [0.5, 0.6) is 0 Å². The maximum absolute atomic E-state index is 6.55. The van der Waals surface area contributed by atoms with E-state index in [0.717, 1.165) is 25.2 Å². The molecular formula is C15H29NO2S. The number of hydrogen-bond acceptors (Lipinski definition) is 4. The van der Waals surface area contributed by atoms with Crippen LogP contribution in [0.4, 0.5) is 0 Å². The molecule has 0 aromatic rings. The zero-order valence-corrected chi connectivity index (χ0v) is 13.6. The minimum absolute atomic E-state index is 0.0874. The molecule has 0 amide bonds. The molecule has 2 aliphatic rings. The highest BCUT2D eigenvalue weighted by Crippen LogP contribution is 2.42. The summed E-state index contributed by atoms with van der Waals surface area (Å²) in [6, 6.07) is 0.108. The van der Waals surface area contributed by atoms with Crippen LogP contribution in [-0.4, -0.2) is 43.0 Å². The van der Waals surface area contributed by atoms with Crippen LogP contribution in [0.25, 0.3) is 0 Å². The van der Waals surface area contributed by atoms with Gasteiger partial charge in [0.25, 0.3) is 0 Å². The first-order valence-corrected chi connectivity index (χ1v) is 8.53. The van der Waals surface area contributed by atoms with Gasteiger partial charge >= 0.3 is 0 Å². The Morgan fingerprint density at radius 2 is 2.16 bits per heavy atom. The second kappa shape index (κ2) is 5.92. The van der Waals surface area contributed by atoms with Crippen molar-refractivity contribution in [3.63, 3.8) is 0 Å². The first-order valence-electron chi connectivity index (χ1n) is 7.38. The van der Waals surface area contributed by atoms with Gasteiger partial charge in [-0.25, -0.2) is 0 Å². The molecule has 0 aromatic carbocycles. The normalized spacial score (nSPS) is 35.5. The fourth-order valence-electron chi connectivity index (χ4n) is 3.59. The van der Waals surface area contributed by atoms with E-state index in [4.69, 9.17) is 15.2 Å². The van der Waals surface area contributed by atoms with Crippen molar-refractivity contribution in [3.8, 4) is 0 Å². The predicted molar refractivity (Wildman–Crippen MR) is 81.6 cm³/mol. The van der Waals surface area contributed by atoms with Crippen molar-refractivity contribution >= 4 is 11.8 Å². The van der Waals surface area contributed by atoms with Gasteiger partial charge < -0.3 is 15.2 Å². The largest absolute Gasteiger partial charge is 0.379 e. The smallest absolute Gasteiger partial charge is 0.0783 e. The lowest BCUT2D eigenvalue weighted by atomic mass is 9.74. The summed E-state index contributed by atoms with van der Waals surface area (Å²) in [5.41, 5.74) is 6.75. The summed E-state index contributed by atoms with van der Waals surface area (Å²) in [5, 5.41) is 0. The van der Waals surface area contributed by atoms with E-state index in [0.29, 0.717) is 5.92 Å². The number of nitrogens with two attached hydrogens (primary N) is 1. The van der Waals surface area contributed by atoms with Crippen molar-refractivity contribution in [1.82, 2.24) is 0 Å². The molecule has 112 valence electrons. The molecule has 0 bridgehead atoms. The van der Waals surface area contributed by atoms with Gasteiger partial charge in [-0.1, -0.05) is 20.8 Å². The summed E-state index contributed by atoms with van der Waals surface area (Å²) in [6.07, 6.45) is 3.48. The fraction of sp³-hybridized carbons (Fsp3) is 1.00. The van der Waals surface area contributed by atoms with E-state index in [2.05, 4.69) is 20.8 Å². The van der Waals surface area contributed by atoms with E-state index >= 15 is 0 Å². The zero-order chi connectivity index (χ0) is 14.1. The van der Waals surface area contributed by atoms with Gasteiger partial charge in [-0.05, 0) is 36.3 Å². The van der Waals surface area contributed by atoms with Gasteiger partial charge in [-0.15, -0.1) is 0 Å². The molecule has 0 aromatic heterocycles. The first-order chi connectivity index (χ1) is 8.88. The first kappa shape index (κ1) is 15.6. The number of methoxy groups -OCH3 is 1. The van der Waals surface area contributed by atoms with E-state index in [9.17, 15) is 0 Å². The molecular weight excluding hydrogens is 258 g/mol. The van der Waals surface area contributed by atoms with Crippen LogP contribution in [0.1, 0.15) is 40.0 Å². The molecule has 2 saturated heterocycles. The number of ether oxygens (including phenoxy) is 2. The Balaban J connectivity index is 2.04. The maximum Gasteiger partial charge on any atom is 0.0783 e. The summed E-state index contributed by atoms with van der Waals surface area (Å²) in [7, 11) is 1.79. The Morgan fingerprint density at radius 3 is 2.68 bits per heavy atom. The summed E-state index contributed by atoms with van der Waals surface area (Å²) < 4.78 is 11.8. The molecule has 0 radical (unpaired) electrons. The quantitative estimate of drug-likeness (QED) is 0.867. The molecule has 0 saturated carbocycles. The molecule has 2 heterocycles. The van der Waals surface area contributed by atoms with E-state index in [-0.39, 0.29) is 23.2 Å². The molecule has 2 N–H and O–H groups in total. The third kappa shape index (κ3) is 3.46. The van der Waals surface area contributed by atoms with E-state index in [1.165, 1.54) is 12.2 Å². The summed E-state index contributed by atoms with van der Waals surface area (Å²) in [4.78, 5) is 0. The monoisotopic (exact) mass is 287 g/mol. The van der Waals surface area contributed by atoms with Gasteiger partial charge in [-0.2, -0.15) is 11.8 Å². The number of hydrogen-bond donors (Lipinski definition) is 1. The minimum Gasteiger partial charge on any atom is -0.379 e. The van der Waals surface area contributed by atoms with Crippen molar-refractivity contribution < 1.29 is 9.47 Å². The Bertz CT molecular complexity index is 297. The summed E-state index contributed by atoms with van der Waals surface area (Å²) in [5.74, 6) is 2.90. The second-order valence-corrected chi connectivity index (χ2v) is 8.29. The molecule has 3 nitrogen and oxygen atoms in total. The fourth-order valence-corrected chi connectivity index (χ4v) is 4.97. The molecule has 4 atom stereocenters. The van der Waals surface area contributed by atoms with Crippen LogP contribution in [-0.2, 0) is 9.47 Å². The van der Waals surface area contributed by atoms with Crippen LogP contribution in [0.2, 0.25) is 0 Å². The van der Waals surface area contributed by atoms with E-state index in [1.807, 2.05) is 11.8 Å². The van der Waals surface area contributed by atoms with Crippen LogP contribution in [0.15, 0.2) is 0 Å². The lowest BCUT2D eigenvalue weighted by molar-refractivity contribution is -0.100. The van der Waals surface area contributed by atoms with Gasteiger partial charge in [0.15, 0.2) is 0 Å². The molecule has 2 rings (SSSR count). The Kier molecular flexibility index (Phi) is 4.87. The summed E-state index contributed by atoms with van der Waals surface area (Å²) in [6.45, 7) is 7.49. The van der Waals surface area contributed by atoms with E-state index < -0.39 is 0 Å². The van der Waals surface area contributed by atoms with Crippen LogP contribution in [0, 0.1) is 11.3 Å². The number of thioether (sulfide) groups is 1. The van der Waals surface area contributed by atoms with Gasteiger partial charge in [0.1, 0.15) is 0 Å². The van der Waals surface area contributed by atoms with Crippen LogP contribution >= 0.6 is 11.8 Å². The Labute approximate surface area is 122 Å². The van der Waals surface area contributed by atoms with Crippen LogP contribution < -0.4 is 5.73 Å². The van der Waals surface area contributed by atoms with Crippen molar-refractivity contribution in [2.75, 3.05) is 25.2 Å². The Hall–Kier alpha value is 0.230. The average Bonchev–Trinajstić information content (AvgIpc) is 2.76. The Morgan fingerprint density at radius 1 is 1.42 bits per heavy atom. The molecule has 0 aliphatic carbocycles. The third-order valence-corrected chi connectivity index (χ3v) is 5.82. The van der Waals surface area contributed by atoms with Gasteiger partial charge in [0, 0.05) is 25.5 Å². The van der Waals surface area contributed by atoms with Crippen molar-refractivity contribution in [3.05, 3.63) is 0 Å². The molecule has 1 spiro atoms. The molecule has 4 unspecified atom stereocenters. The van der Waals surface area contributed by atoms with Gasteiger partial charge in [0.05, 0.1) is 11.7 Å². The van der Waals surface area contributed by atoms with Gasteiger partial charge in [0.2, 0.25) is 0 Å². The highest BCUT2D eigenvalue weighted by atomic mass is 32.2. The summed E-state index contributed by atoms with van der Waals surface area (Å²) >= 11 is 2.02.